The second kappa shape index (κ2) is 7.35. The van der Waals surface area contributed by atoms with Crippen molar-refractivity contribution >= 4 is 11.8 Å². The fourth-order valence-corrected chi connectivity index (χ4v) is 1.97. The summed E-state index contributed by atoms with van der Waals surface area (Å²) in [7, 11) is 0. The first-order chi connectivity index (χ1) is 11.3. The Morgan fingerprint density at radius 2 is 2.12 bits per heavy atom. The van der Waals surface area contributed by atoms with E-state index in [0.717, 1.165) is 12.1 Å². The van der Waals surface area contributed by atoms with Crippen LogP contribution in [0.4, 0.5) is 23.8 Å². The van der Waals surface area contributed by atoms with E-state index in [1.54, 1.807) is 0 Å². The number of hydrogen-bond acceptors (Lipinski definition) is 3. The highest BCUT2D eigenvalue weighted by atomic mass is 19.4. The molecule has 1 heterocycles. The molecule has 24 heavy (non-hydrogen) atoms. The molecule has 2 rings (SSSR count). The molecule has 0 aliphatic heterocycles. The fraction of sp³-hybridized carbons (Fsp3) is 0.333. The summed E-state index contributed by atoms with van der Waals surface area (Å²) in [5.74, 6) is 0.178. The highest BCUT2D eigenvalue weighted by Crippen LogP contribution is 2.30. The topological polar surface area (TPSA) is 79.2 Å². The first-order valence-electron chi connectivity index (χ1n) is 7.25. The number of aliphatic hydroxyl groups is 1. The van der Waals surface area contributed by atoms with Gasteiger partial charge in [0.1, 0.15) is 0 Å². The van der Waals surface area contributed by atoms with Gasteiger partial charge >= 0.3 is 12.2 Å². The van der Waals surface area contributed by atoms with E-state index in [-0.39, 0.29) is 24.2 Å². The summed E-state index contributed by atoms with van der Waals surface area (Å²) in [6, 6.07) is 5.23. The third-order valence-corrected chi connectivity index (χ3v) is 3.32. The predicted molar refractivity (Wildman–Crippen MR) is 81.9 cm³/mol. The molecular weight excluding hydrogens is 325 g/mol. The van der Waals surface area contributed by atoms with Gasteiger partial charge in [-0.15, -0.1) is 5.10 Å². The maximum Gasteiger partial charge on any atom is 0.416 e. The second-order valence-corrected chi connectivity index (χ2v) is 5.08. The average Bonchev–Trinajstić information content (AvgIpc) is 3.00. The Hall–Kier alpha value is -2.55. The monoisotopic (exact) mass is 342 g/mol. The Bertz CT molecular complexity index is 696. The first kappa shape index (κ1) is 17.8. The molecule has 0 unspecified atom stereocenters. The van der Waals surface area contributed by atoms with Crippen molar-refractivity contribution in [3.63, 3.8) is 0 Å². The molecule has 9 heteroatoms. The van der Waals surface area contributed by atoms with Crippen LogP contribution in [-0.2, 0) is 6.18 Å². The normalized spacial score (nSPS) is 12.7. The van der Waals surface area contributed by atoms with Crippen LogP contribution in [0.15, 0.2) is 36.5 Å². The Balaban J connectivity index is 2.10. The van der Waals surface area contributed by atoms with Crippen LogP contribution in [0.2, 0.25) is 0 Å². The number of nitrogens with one attached hydrogen (secondary N) is 2. The van der Waals surface area contributed by atoms with Crippen molar-refractivity contribution in [1.82, 2.24) is 15.1 Å². The zero-order valence-corrected chi connectivity index (χ0v) is 12.8. The van der Waals surface area contributed by atoms with Gasteiger partial charge < -0.3 is 10.4 Å². The zero-order chi connectivity index (χ0) is 17.7. The van der Waals surface area contributed by atoms with E-state index in [1.807, 2.05) is 6.92 Å². The van der Waals surface area contributed by atoms with Crippen LogP contribution in [0.25, 0.3) is 5.69 Å². The van der Waals surface area contributed by atoms with Crippen molar-refractivity contribution < 1.29 is 23.1 Å². The minimum Gasteiger partial charge on any atom is -0.394 e. The number of rotatable bonds is 5. The number of benzene rings is 1. The SMILES string of the molecule is CC[C@H](CO)NC(=O)Nc1ccn(-c2cccc(C(F)(F)F)c2)n1. The van der Waals surface area contributed by atoms with Crippen molar-refractivity contribution in [3.05, 3.63) is 42.1 Å². The number of aliphatic hydroxyl groups excluding tert-OH is 1. The molecule has 1 atom stereocenters. The average molecular weight is 342 g/mol. The summed E-state index contributed by atoms with van der Waals surface area (Å²) in [6.45, 7) is 1.62. The van der Waals surface area contributed by atoms with Crippen LogP contribution in [0.5, 0.6) is 0 Å². The van der Waals surface area contributed by atoms with Gasteiger partial charge in [-0.2, -0.15) is 13.2 Å². The number of alkyl halides is 3. The highest BCUT2D eigenvalue weighted by Gasteiger charge is 2.30. The van der Waals surface area contributed by atoms with E-state index < -0.39 is 17.8 Å². The standard InChI is InChI=1S/C15H17F3N4O2/c1-2-11(9-23)19-14(24)20-13-6-7-22(21-13)12-5-3-4-10(8-12)15(16,17)18/h3-8,11,23H,2,9H2,1H3,(H2,19,20,21,24)/t11-/m1/s1. The molecule has 0 saturated carbocycles. The van der Waals surface area contributed by atoms with E-state index >= 15 is 0 Å². The molecular formula is C15H17F3N4O2. The van der Waals surface area contributed by atoms with E-state index in [4.69, 9.17) is 5.11 Å². The lowest BCUT2D eigenvalue weighted by Gasteiger charge is -2.13. The minimum atomic E-state index is -4.44. The molecule has 1 aromatic heterocycles. The summed E-state index contributed by atoms with van der Waals surface area (Å²) in [4.78, 5) is 11.7. The number of halogens is 3. The quantitative estimate of drug-likeness (QED) is 0.782. The minimum absolute atomic E-state index is 0.178. The van der Waals surface area contributed by atoms with Gasteiger partial charge in [-0.3, -0.25) is 5.32 Å². The Morgan fingerprint density at radius 3 is 2.75 bits per heavy atom. The number of aromatic nitrogens is 2. The van der Waals surface area contributed by atoms with Gasteiger partial charge in [-0.05, 0) is 24.6 Å². The molecule has 0 aliphatic carbocycles. The van der Waals surface area contributed by atoms with Gasteiger partial charge in [0.25, 0.3) is 0 Å². The Kier molecular flexibility index (Phi) is 5.45. The number of urea groups is 1. The molecule has 0 aliphatic rings. The molecule has 0 radical (unpaired) electrons. The molecule has 2 aromatic rings. The summed E-state index contributed by atoms with van der Waals surface area (Å²) >= 11 is 0. The highest BCUT2D eigenvalue weighted by molar-refractivity contribution is 5.88. The molecule has 2 amide bonds. The van der Waals surface area contributed by atoms with Gasteiger partial charge in [-0.25, -0.2) is 9.48 Å². The summed E-state index contributed by atoms with van der Waals surface area (Å²) in [5.41, 5.74) is -0.559. The third kappa shape index (κ3) is 4.48. The van der Waals surface area contributed by atoms with E-state index in [9.17, 15) is 18.0 Å². The molecule has 3 N–H and O–H groups in total. The molecule has 130 valence electrons. The van der Waals surface area contributed by atoms with Crippen LogP contribution in [-0.4, -0.2) is 33.6 Å². The number of amides is 2. The largest absolute Gasteiger partial charge is 0.416 e. The van der Waals surface area contributed by atoms with E-state index in [2.05, 4.69) is 15.7 Å². The van der Waals surface area contributed by atoms with Crippen molar-refractivity contribution in [2.24, 2.45) is 0 Å². The molecule has 1 aromatic carbocycles. The van der Waals surface area contributed by atoms with Crippen molar-refractivity contribution in [1.29, 1.82) is 0 Å². The fourth-order valence-electron chi connectivity index (χ4n) is 1.97. The van der Waals surface area contributed by atoms with E-state index in [1.165, 1.54) is 29.1 Å². The smallest absolute Gasteiger partial charge is 0.394 e. The molecule has 0 fully saturated rings. The van der Waals surface area contributed by atoms with Crippen molar-refractivity contribution in [2.75, 3.05) is 11.9 Å². The van der Waals surface area contributed by atoms with Crippen LogP contribution in [0, 0.1) is 0 Å². The number of nitrogens with zero attached hydrogens (tertiary/aromatic N) is 2. The summed E-state index contributed by atoms with van der Waals surface area (Å²) in [5, 5.41) is 18.1. The molecule has 0 saturated heterocycles. The third-order valence-electron chi connectivity index (χ3n) is 3.32. The lowest BCUT2D eigenvalue weighted by atomic mass is 10.2. The van der Waals surface area contributed by atoms with E-state index in [0.29, 0.717) is 6.42 Å². The van der Waals surface area contributed by atoms with Gasteiger partial charge in [0.15, 0.2) is 5.82 Å². The predicted octanol–water partition coefficient (Wildman–Crippen LogP) is 2.78. The summed E-state index contributed by atoms with van der Waals surface area (Å²) < 4.78 is 39.4. The maximum atomic E-state index is 12.7. The van der Waals surface area contributed by atoms with Crippen LogP contribution in [0.3, 0.4) is 0 Å². The lowest BCUT2D eigenvalue weighted by molar-refractivity contribution is -0.137. The zero-order valence-electron chi connectivity index (χ0n) is 12.8. The molecule has 0 bridgehead atoms. The van der Waals surface area contributed by atoms with Crippen LogP contribution >= 0.6 is 0 Å². The lowest BCUT2D eigenvalue weighted by Crippen LogP contribution is -2.39. The summed E-state index contributed by atoms with van der Waals surface area (Å²) in [6.07, 6.45) is -2.44. The number of anilines is 1. The van der Waals surface area contributed by atoms with Gasteiger partial charge in [0.05, 0.1) is 23.9 Å². The first-order valence-corrected chi connectivity index (χ1v) is 7.25. The number of hydrogen-bond donors (Lipinski definition) is 3. The maximum absolute atomic E-state index is 12.7. The molecule has 6 nitrogen and oxygen atoms in total. The van der Waals surface area contributed by atoms with Gasteiger partial charge in [0, 0.05) is 12.3 Å². The van der Waals surface area contributed by atoms with Crippen molar-refractivity contribution in [3.8, 4) is 5.69 Å². The van der Waals surface area contributed by atoms with Gasteiger partial charge in [-0.1, -0.05) is 13.0 Å². The van der Waals surface area contributed by atoms with Crippen LogP contribution in [0.1, 0.15) is 18.9 Å². The van der Waals surface area contributed by atoms with Gasteiger partial charge in [0.2, 0.25) is 0 Å². The second-order valence-electron chi connectivity index (χ2n) is 5.08. The number of carbonyl (C=O) groups excluding carboxylic acids is 1. The Labute approximate surface area is 136 Å². The Morgan fingerprint density at radius 1 is 1.38 bits per heavy atom. The number of carbonyl (C=O) groups is 1. The molecule has 0 spiro atoms. The van der Waals surface area contributed by atoms with Crippen LogP contribution < -0.4 is 10.6 Å². The van der Waals surface area contributed by atoms with Crippen molar-refractivity contribution in [2.45, 2.75) is 25.6 Å².